The summed E-state index contributed by atoms with van der Waals surface area (Å²) in [6.45, 7) is 6.58. The van der Waals surface area contributed by atoms with E-state index in [-0.39, 0.29) is 11.5 Å². The number of hydrogen-bond acceptors (Lipinski definition) is 2. The van der Waals surface area contributed by atoms with E-state index in [9.17, 15) is 9.59 Å². The molecule has 1 amide bonds. The minimum Gasteiger partial charge on any atom is -0.339 e. The minimum absolute atomic E-state index is 0.0696. The molecule has 1 N–H and O–H groups in total. The number of hydrogen-bond donors (Lipinski definition) is 1. The number of nitrogens with zero attached hydrogens (tertiary/aromatic N) is 2. The van der Waals surface area contributed by atoms with E-state index in [4.69, 9.17) is 0 Å². The summed E-state index contributed by atoms with van der Waals surface area (Å²) in [5.41, 5.74) is 4.15. The van der Waals surface area contributed by atoms with Crippen molar-refractivity contribution in [1.82, 2.24) is 9.13 Å². The van der Waals surface area contributed by atoms with E-state index in [1.165, 1.54) is 0 Å². The number of aryl methyl sites for hydroxylation is 4. The standard InChI is InChI=1S/C20H23N3O2/c1-5-14-9-7-8-13(3)18(14)21-19(24)17-12-15-16(22(17)4)10-11-23(6-2)20(15)25/h7-12H,5-6H2,1-4H3,(H,21,24). The van der Waals surface area contributed by atoms with Crippen LogP contribution in [0, 0.1) is 6.92 Å². The van der Waals surface area contributed by atoms with E-state index >= 15 is 0 Å². The van der Waals surface area contributed by atoms with Crippen LogP contribution in [-0.2, 0) is 20.0 Å². The lowest BCUT2D eigenvalue weighted by Crippen LogP contribution is -2.17. The first-order valence-electron chi connectivity index (χ1n) is 8.56. The number of anilines is 1. The lowest BCUT2D eigenvalue weighted by molar-refractivity contribution is 0.101. The van der Waals surface area contributed by atoms with E-state index in [0.717, 1.165) is 28.8 Å². The van der Waals surface area contributed by atoms with Crippen molar-refractivity contribution in [3.63, 3.8) is 0 Å². The van der Waals surface area contributed by atoms with Gasteiger partial charge in [0, 0.05) is 25.5 Å². The molecular formula is C20H23N3O2. The summed E-state index contributed by atoms with van der Waals surface area (Å²) < 4.78 is 3.41. The molecule has 0 saturated carbocycles. The normalized spacial score (nSPS) is 11.0. The van der Waals surface area contributed by atoms with Crippen molar-refractivity contribution in [3.05, 3.63) is 63.7 Å². The van der Waals surface area contributed by atoms with Gasteiger partial charge in [0.05, 0.1) is 10.9 Å². The van der Waals surface area contributed by atoms with Gasteiger partial charge in [0.1, 0.15) is 5.69 Å². The second-order valence-corrected chi connectivity index (χ2v) is 6.21. The van der Waals surface area contributed by atoms with Crippen LogP contribution in [0.3, 0.4) is 0 Å². The van der Waals surface area contributed by atoms with Crippen LogP contribution in [0.25, 0.3) is 10.9 Å². The van der Waals surface area contributed by atoms with Gasteiger partial charge in [-0.25, -0.2) is 0 Å². The Balaban J connectivity index is 2.05. The molecule has 0 aliphatic carbocycles. The van der Waals surface area contributed by atoms with Crippen LogP contribution in [0.2, 0.25) is 0 Å². The molecule has 0 fully saturated rings. The summed E-state index contributed by atoms with van der Waals surface area (Å²) in [5.74, 6) is -0.204. The van der Waals surface area contributed by atoms with Gasteiger partial charge in [0.2, 0.25) is 0 Å². The number of benzene rings is 1. The Labute approximate surface area is 146 Å². The molecule has 2 heterocycles. The topological polar surface area (TPSA) is 56.0 Å². The highest BCUT2D eigenvalue weighted by Gasteiger charge is 2.17. The van der Waals surface area contributed by atoms with Crippen LogP contribution in [-0.4, -0.2) is 15.0 Å². The quantitative estimate of drug-likeness (QED) is 0.792. The van der Waals surface area contributed by atoms with Gasteiger partial charge < -0.3 is 14.5 Å². The van der Waals surface area contributed by atoms with E-state index in [1.54, 1.807) is 21.4 Å². The van der Waals surface area contributed by atoms with Crippen molar-refractivity contribution in [1.29, 1.82) is 0 Å². The van der Waals surface area contributed by atoms with E-state index < -0.39 is 0 Å². The Morgan fingerprint density at radius 3 is 2.64 bits per heavy atom. The maximum atomic E-state index is 12.8. The second-order valence-electron chi connectivity index (χ2n) is 6.21. The van der Waals surface area contributed by atoms with Gasteiger partial charge in [0.25, 0.3) is 11.5 Å². The molecule has 0 aliphatic heterocycles. The van der Waals surface area contributed by atoms with Gasteiger partial charge >= 0.3 is 0 Å². The number of aromatic nitrogens is 2. The summed E-state index contributed by atoms with van der Waals surface area (Å²) in [6.07, 6.45) is 2.61. The van der Waals surface area contributed by atoms with Crippen LogP contribution in [0.5, 0.6) is 0 Å². The van der Waals surface area contributed by atoms with Crippen molar-refractivity contribution >= 4 is 22.5 Å². The van der Waals surface area contributed by atoms with Crippen molar-refractivity contribution < 1.29 is 4.79 Å². The fraction of sp³-hybridized carbons (Fsp3) is 0.300. The number of nitrogens with one attached hydrogen (secondary N) is 1. The molecule has 2 aromatic heterocycles. The molecule has 0 unspecified atom stereocenters. The average molecular weight is 337 g/mol. The Morgan fingerprint density at radius 1 is 1.20 bits per heavy atom. The molecule has 5 heteroatoms. The first kappa shape index (κ1) is 17.0. The first-order chi connectivity index (χ1) is 12.0. The van der Waals surface area contributed by atoms with Gasteiger partial charge in [0.15, 0.2) is 0 Å². The molecule has 0 saturated heterocycles. The van der Waals surface area contributed by atoms with Crippen LogP contribution in [0.1, 0.15) is 35.5 Å². The summed E-state index contributed by atoms with van der Waals surface area (Å²) in [6, 6.07) is 9.55. The summed E-state index contributed by atoms with van der Waals surface area (Å²) >= 11 is 0. The summed E-state index contributed by atoms with van der Waals surface area (Å²) in [7, 11) is 1.81. The fourth-order valence-corrected chi connectivity index (χ4v) is 3.22. The third kappa shape index (κ3) is 2.86. The first-order valence-corrected chi connectivity index (χ1v) is 8.56. The van der Waals surface area contributed by atoms with Crippen molar-refractivity contribution in [2.75, 3.05) is 5.32 Å². The Morgan fingerprint density at radius 2 is 1.96 bits per heavy atom. The lowest BCUT2D eigenvalue weighted by atomic mass is 10.1. The van der Waals surface area contributed by atoms with Crippen LogP contribution < -0.4 is 10.9 Å². The number of para-hydroxylation sites is 1. The average Bonchev–Trinajstić information content (AvgIpc) is 2.95. The highest BCUT2D eigenvalue weighted by atomic mass is 16.2. The molecule has 25 heavy (non-hydrogen) atoms. The number of rotatable bonds is 4. The van der Waals surface area contributed by atoms with Gasteiger partial charge in [-0.05, 0) is 43.5 Å². The molecule has 1 aromatic carbocycles. The molecule has 3 rings (SSSR count). The van der Waals surface area contributed by atoms with Gasteiger partial charge in [-0.1, -0.05) is 25.1 Å². The van der Waals surface area contributed by atoms with E-state index in [2.05, 4.69) is 12.2 Å². The lowest BCUT2D eigenvalue weighted by Gasteiger charge is -2.13. The van der Waals surface area contributed by atoms with Gasteiger partial charge in [-0.2, -0.15) is 0 Å². The minimum atomic E-state index is -0.204. The Bertz CT molecular complexity index is 1010. The molecule has 0 aliphatic rings. The van der Waals surface area contributed by atoms with Crippen LogP contribution in [0.4, 0.5) is 5.69 Å². The summed E-state index contributed by atoms with van der Waals surface area (Å²) in [5, 5.41) is 3.59. The maximum Gasteiger partial charge on any atom is 0.272 e. The van der Waals surface area contributed by atoms with E-state index in [0.29, 0.717) is 17.6 Å². The molecule has 0 bridgehead atoms. The fourth-order valence-electron chi connectivity index (χ4n) is 3.22. The third-order valence-corrected chi connectivity index (χ3v) is 4.74. The monoisotopic (exact) mass is 337 g/mol. The molecule has 0 spiro atoms. The highest BCUT2D eigenvalue weighted by Crippen LogP contribution is 2.23. The van der Waals surface area contributed by atoms with E-state index in [1.807, 2.05) is 45.2 Å². The van der Waals surface area contributed by atoms with Crippen molar-refractivity contribution in [3.8, 4) is 0 Å². The molecule has 5 nitrogen and oxygen atoms in total. The zero-order valence-corrected chi connectivity index (χ0v) is 15.1. The number of carbonyl (C=O) groups excluding carboxylic acids is 1. The third-order valence-electron chi connectivity index (χ3n) is 4.74. The van der Waals surface area contributed by atoms with Crippen molar-refractivity contribution in [2.24, 2.45) is 7.05 Å². The predicted molar refractivity (Wildman–Crippen MR) is 101 cm³/mol. The number of fused-ring (bicyclic) bond motifs is 1. The number of carbonyl (C=O) groups is 1. The molecule has 3 aromatic rings. The Kier molecular flexibility index (Phi) is 4.49. The second kappa shape index (κ2) is 6.59. The zero-order valence-electron chi connectivity index (χ0n) is 15.1. The molecule has 0 radical (unpaired) electrons. The van der Waals surface area contributed by atoms with Crippen LogP contribution >= 0.6 is 0 Å². The van der Waals surface area contributed by atoms with Gasteiger partial charge in [-0.3, -0.25) is 9.59 Å². The molecule has 130 valence electrons. The van der Waals surface area contributed by atoms with Crippen molar-refractivity contribution in [2.45, 2.75) is 33.7 Å². The SMILES string of the molecule is CCc1cccc(C)c1NC(=O)c1cc2c(=O)n(CC)ccc2n1C. The van der Waals surface area contributed by atoms with Gasteiger partial charge in [-0.15, -0.1) is 0 Å². The maximum absolute atomic E-state index is 12.8. The van der Waals surface area contributed by atoms with Crippen LogP contribution in [0.15, 0.2) is 41.3 Å². The zero-order chi connectivity index (χ0) is 18.1. The molecular weight excluding hydrogens is 314 g/mol. The molecule has 0 atom stereocenters. The number of pyridine rings is 1. The summed E-state index contributed by atoms with van der Waals surface area (Å²) in [4.78, 5) is 25.3. The predicted octanol–water partition coefficient (Wildman–Crippen LogP) is 3.48. The highest BCUT2D eigenvalue weighted by molar-refractivity contribution is 6.07. The smallest absolute Gasteiger partial charge is 0.272 e. The Hall–Kier alpha value is -2.82. The largest absolute Gasteiger partial charge is 0.339 e. The number of amides is 1.